The van der Waals surface area contributed by atoms with Crippen LogP contribution in [-0.2, 0) is 21.8 Å². The fraction of sp³-hybridized carbons (Fsp3) is 0.409. The molecule has 2 aromatic heterocycles. The van der Waals surface area contributed by atoms with Crippen LogP contribution in [-0.4, -0.2) is 69.1 Å². The maximum Gasteiger partial charge on any atom is 0.323 e. The number of nitrogens with zero attached hydrogens (tertiary/aromatic N) is 4. The van der Waals surface area contributed by atoms with Gasteiger partial charge in [-0.05, 0) is 30.7 Å². The van der Waals surface area contributed by atoms with Crippen LogP contribution < -0.4 is 0 Å². The van der Waals surface area contributed by atoms with Crippen LogP contribution in [0.15, 0.2) is 46.6 Å². The number of morpholine rings is 1. The molecule has 1 aliphatic rings. The summed E-state index contributed by atoms with van der Waals surface area (Å²) in [6.07, 6.45) is 1.86. The van der Waals surface area contributed by atoms with E-state index in [4.69, 9.17) is 4.74 Å². The Kier molecular flexibility index (Phi) is 7.49. The average molecular weight is 459 g/mol. The highest BCUT2D eigenvalue weighted by Gasteiger charge is 2.15. The van der Waals surface area contributed by atoms with Crippen molar-refractivity contribution in [3.05, 3.63) is 47.8 Å². The van der Waals surface area contributed by atoms with Gasteiger partial charge in [0.2, 0.25) is 0 Å². The van der Waals surface area contributed by atoms with E-state index in [0.717, 1.165) is 55.3 Å². The number of hydrogen-bond donors (Lipinski definition) is 1. The molecule has 0 amide bonds. The summed E-state index contributed by atoms with van der Waals surface area (Å²) in [6, 6.07) is 9.71. The van der Waals surface area contributed by atoms with E-state index >= 15 is 0 Å². The van der Waals surface area contributed by atoms with Crippen molar-refractivity contribution in [2.45, 2.75) is 29.3 Å². The summed E-state index contributed by atoms with van der Waals surface area (Å²) in [6.45, 7) is 6.73. The Morgan fingerprint density at radius 2 is 2.00 bits per heavy atom. The summed E-state index contributed by atoms with van der Waals surface area (Å²) in [5.41, 5.74) is 3.84. The first-order valence-electron chi connectivity index (χ1n) is 10.3. The van der Waals surface area contributed by atoms with E-state index in [1.54, 1.807) is 4.57 Å². The minimum Gasteiger partial charge on any atom is -0.480 e. The molecule has 1 aromatic carbocycles. The van der Waals surface area contributed by atoms with Crippen molar-refractivity contribution < 1.29 is 14.6 Å². The predicted octanol–water partition coefficient (Wildman–Crippen LogP) is 3.54. The number of pyridine rings is 1. The Hall–Kier alpha value is -2.07. The van der Waals surface area contributed by atoms with Gasteiger partial charge in [-0.3, -0.25) is 14.7 Å². The number of aliphatic carboxylic acids is 1. The molecule has 1 aliphatic heterocycles. The second kappa shape index (κ2) is 10.5. The summed E-state index contributed by atoms with van der Waals surface area (Å²) in [5.74, 6) is 0.802. The number of carboxylic acids is 1. The highest BCUT2D eigenvalue weighted by Crippen LogP contribution is 2.30. The third kappa shape index (κ3) is 5.60. The van der Waals surface area contributed by atoms with Gasteiger partial charge in [0.15, 0.2) is 5.16 Å². The molecule has 3 aromatic rings. The van der Waals surface area contributed by atoms with Crippen molar-refractivity contribution in [1.29, 1.82) is 0 Å². The number of aromatic nitrogens is 3. The number of rotatable bonds is 9. The van der Waals surface area contributed by atoms with Crippen LogP contribution in [0.25, 0.3) is 11.0 Å². The molecule has 0 atom stereocenters. The SMILES string of the molecule is Cc1c(SCCN2CCOCC2)ccnc1CSc1nc2ccccc2n1CC(=O)O. The molecule has 3 heterocycles. The Balaban J connectivity index is 1.43. The summed E-state index contributed by atoms with van der Waals surface area (Å²) in [5, 5.41) is 10.0. The average Bonchev–Trinajstić information content (AvgIpc) is 3.12. The quantitative estimate of drug-likeness (QED) is 0.488. The van der Waals surface area contributed by atoms with E-state index < -0.39 is 5.97 Å². The molecule has 164 valence electrons. The summed E-state index contributed by atoms with van der Waals surface area (Å²) >= 11 is 3.39. The first-order chi connectivity index (χ1) is 15.1. The molecule has 0 unspecified atom stereocenters. The van der Waals surface area contributed by atoms with E-state index in [2.05, 4.69) is 27.9 Å². The normalized spacial score (nSPS) is 14.9. The van der Waals surface area contributed by atoms with Crippen LogP contribution in [0.5, 0.6) is 0 Å². The Morgan fingerprint density at radius 3 is 2.81 bits per heavy atom. The van der Waals surface area contributed by atoms with Gasteiger partial charge in [0.25, 0.3) is 0 Å². The zero-order valence-corrected chi connectivity index (χ0v) is 19.1. The number of carboxylic acid groups (broad SMARTS) is 1. The smallest absolute Gasteiger partial charge is 0.323 e. The fourth-order valence-electron chi connectivity index (χ4n) is 3.55. The van der Waals surface area contributed by atoms with Crippen LogP contribution in [0.2, 0.25) is 0 Å². The molecule has 1 saturated heterocycles. The molecule has 1 N–H and O–H groups in total. The molecule has 31 heavy (non-hydrogen) atoms. The molecule has 4 rings (SSSR count). The highest BCUT2D eigenvalue weighted by atomic mass is 32.2. The van der Waals surface area contributed by atoms with Gasteiger partial charge in [-0.2, -0.15) is 0 Å². The second-order valence-corrected chi connectivity index (χ2v) is 9.41. The number of para-hydroxylation sites is 2. The number of thioether (sulfide) groups is 2. The number of imidazole rings is 1. The maximum atomic E-state index is 11.4. The standard InChI is InChI=1S/C22H26N4O3S2/c1-16-18(23-7-6-20(16)30-13-10-25-8-11-29-12-9-25)15-31-22-24-17-4-2-3-5-19(17)26(22)14-21(27)28/h2-7H,8-15H2,1H3,(H,27,28). The van der Waals surface area contributed by atoms with Gasteiger partial charge in [-0.1, -0.05) is 23.9 Å². The second-order valence-electron chi connectivity index (χ2n) is 7.33. The number of hydrogen-bond acceptors (Lipinski definition) is 7. The first kappa shape index (κ1) is 22.1. The van der Waals surface area contributed by atoms with Crippen molar-refractivity contribution >= 4 is 40.5 Å². The predicted molar refractivity (Wildman–Crippen MR) is 124 cm³/mol. The lowest BCUT2D eigenvalue weighted by molar-refractivity contribution is -0.137. The van der Waals surface area contributed by atoms with Crippen LogP contribution in [0, 0.1) is 6.92 Å². The molecule has 0 aliphatic carbocycles. The number of benzene rings is 1. The molecular weight excluding hydrogens is 432 g/mol. The summed E-state index contributed by atoms with van der Waals surface area (Å²) in [7, 11) is 0. The third-order valence-electron chi connectivity index (χ3n) is 5.28. The van der Waals surface area contributed by atoms with Crippen molar-refractivity contribution in [1.82, 2.24) is 19.4 Å². The van der Waals surface area contributed by atoms with Gasteiger partial charge in [-0.15, -0.1) is 11.8 Å². The molecule has 0 spiro atoms. The van der Waals surface area contributed by atoms with E-state index in [1.807, 2.05) is 42.2 Å². The van der Waals surface area contributed by atoms with Crippen LogP contribution in [0.3, 0.4) is 0 Å². The topological polar surface area (TPSA) is 80.5 Å². The molecule has 7 nitrogen and oxygen atoms in total. The largest absolute Gasteiger partial charge is 0.480 e. The van der Waals surface area contributed by atoms with Gasteiger partial charge in [0.05, 0.1) is 29.9 Å². The Labute approximate surface area is 190 Å². The molecule has 0 bridgehead atoms. The monoisotopic (exact) mass is 458 g/mol. The van der Waals surface area contributed by atoms with E-state index in [9.17, 15) is 9.90 Å². The maximum absolute atomic E-state index is 11.4. The first-order valence-corrected chi connectivity index (χ1v) is 12.3. The lowest BCUT2D eigenvalue weighted by atomic mass is 10.2. The van der Waals surface area contributed by atoms with Crippen molar-refractivity contribution in [3.63, 3.8) is 0 Å². The van der Waals surface area contributed by atoms with E-state index in [1.165, 1.54) is 22.2 Å². The number of carbonyl (C=O) groups is 1. The minimum atomic E-state index is -0.877. The van der Waals surface area contributed by atoms with Gasteiger partial charge < -0.3 is 14.4 Å². The Bertz CT molecular complexity index is 1050. The molecular formula is C22H26N4O3S2. The van der Waals surface area contributed by atoms with Gasteiger partial charge >= 0.3 is 5.97 Å². The van der Waals surface area contributed by atoms with Gasteiger partial charge in [0, 0.05) is 42.2 Å². The minimum absolute atomic E-state index is 0.104. The van der Waals surface area contributed by atoms with Crippen molar-refractivity contribution in [2.24, 2.45) is 0 Å². The number of ether oxygens (including phenoxy) is 1. The summed E-state index contributed by atoms with van der Waals surface area (Å²) in [4.78, 5) is 24.3. The van der Waals surface area contributed by atoms with E-state index in [-0.39, 0.29) is 6.54 Å². The fourth-order valence-corrected chi connectivity index (χ4v) is 5.65. The van der Waals surface area contributed by atoms with Crippen LogP contribution >= 0.6 is 23.5 Å². The molecule has 1 fully saturated rings. The van der Waals surface area contributed by atoms with Crippen LogP contribution in [0.4, 0.5) is 0 Å². The summed E-state index contributed by atoms with van der Waals surface area (Å²) < 4.78 is 7.18. The molecule has 9 heteroatoms. The molecule has 0 saturated carbocycles. The zero-order valence-electron chi connectivity index (χ0n) is 17.5. The molecule has 0 radical (unpaired) electrons. The third-order valence-corrected chi connectivity index (χ3v) is 7.41. The lowest BCUT2D eigenvalue weighted by Gasteiger charge is -2.26. The number of fused-ring (bicyclic) bond motifs is 1. The van der Waals surface area contributed by atoms with Gasteiger partial charge in [0.1, 0.15) is 6.54 Å². The van der Waals surface area contributed by atoms with Crippen LogP contribution in [0.1, 0.15) is 11.3 Å². The highest BCUT2D eigenvalue weighted by molar-refractivity contribution is 7.99. The zero-order chi connectivity index (χ0) is 21.6. The van der Waals surface area contributed by atoms with Crippen molar-refractivity contribution in [3.8, 4) is 0 Å². The lowest BCUT2D eigenvalue weighted by Crippen LogP contribution is -2.37. The van der Waals surface area contributed by atoms with E-state index in [0.29, 0.717) is 10.9 Å². The van der Waals surface area contributed by atoms with Gasteiger partial charge in [-0.25, -0.2) is 4.98 Å². The van der Waals surface area contributed by atoms with Crippen molar-refractivity contribution in [2.75, 3.05) is 38.6 Å². The Morgan fingerprint density at radius 1 is 1.19 bits per heavy atom.